The van der Waals surface area contributed by atoms with Gasteiger partial charge in [0, 0.05) is 16.7 Å². The Balaban J connectivity index is 2.01. The fourth-order valence-corrected chi connectivity index (χ4v) is 1.65. The molecule has 2 aromatic rings. The first-order chi connectivity index (χ1) is 9.60. The maximum Gasteiger partial charge on any atom is 0.269 e. The van der Waals surface area contributed by atoms with Crippen LogP contribution in [0, 0.1) is 5.82 Å². The highest BCUT2D eigenvalue weighted by Gasteiger charge is 2.07. The number of hydrogen-bond donors (Lipinski definition) is 2. The zero-order chi connectivity index (χ0) is 14.5. The van der Waals surface area contributed by atoms with Crippen LogP contribution in [0.25, 0.3) is 0 Å². The van der Waals surface area contributed by atoms with E-state index in [2.05, 4.69) is 10.9 Å². The summed E-state index contributed by atoms with van der Waals surface area (Å²) in [7, 11) is 1.45. The van der Waals surface area contributed by atoms with Gasteiger partial charge < -0.3 is 4.74 Å². The van der Waals surface area contributed by atoms with Gasteiger partial charge in [-0.2, -0.15) is 0 Å². The van der Waals surface area contributed by atoms with Crippen molar-refractivity contribution in [3.05, 3.63) is 58.9 Å². The molecule has 0 spiro atoms. The summed E-state index contributed by atoms with van der Waals surface area (Å²) in [5, 5.41) is 0.538. The minimum Gasteiger partial charge on any atom is -0.497 e. The molecule has 1 amide bonds. The van der Waals surface area contributed by atoms with E-state index >= 15 is 0 Å². The van der Waals surface area contributed by atoms with Crippen molar-refractivity contribution in [2.45, 2.75) is 0 Å². The summed E-state index contributed by atoms with van der Waals surface area (Å²) < 4.78 is 18.5. The molecule has 2 aromatic carbocycles. The molecule has 0 aliphatic heterocycles. The van der Waals surface area contributed by atoms with E-state index in [0.717, 1.165) is 0 Å². The standard InChI is InChI=1S/C14H12ClFN2O2/c1-20-11-6-7-13(12(16)8-11)17-18-14(19)9-2-4-10(15)5-3-9/h2-8,17H,1H3,(H,18,19). The normalized spacial score (nSPS) is 9.95. The van der Waals surface area contributed by atoms with Crippen LogP contribution in [-0.4, -0.2) is 13.0 Å². The van der Waals surface area contributed by atoms with Gasteiger partial charge in [-0.1, -0.05) is 11.6 Å². The molecule has 6 heteroatoms. The molecule has 0 aromatic heterocycles. The number of hydrogen-bond acceptors (Lipinski definition) is 3. The first kappa shape index (κ1) is 14.1. The van der Waals surface area contributed by atoms with Gasteiger partial charge in [0.05, 0.1) is 12.8 Å². The van der Waals surface area contributed by atoms with Crippen LogP contribution in [0.4, 0.5) is 10.1 Å². The molecule has 0 saturated carbocycles. The molecule has 0 radical (unpaired) electrons. The summed E-state index contributed by atoms with van der Waals surface area (Å²) in [6.45, 7) is 0. The van der Waals surface area contributed by atoms with Gasteiger partial charge in [-0.05, 0) is 36.4 Å². The number of methoxy groups -OCH3 is 1. The Morgan fingerprint density at radius 1 is 1.20 bits per heavy atom. The summed E-state index contributed by atoms with van der Waals surface area (Å²) in [5.41, 5.74) is 5.47. The SMILES string of the molecule is COc1ccc(NNC(=O)c2ccc(Cl)cc2)c(F)c1. The molecule has 0 aliphatic carbocycles. The maximum absolute atomic E-state index is 13.6. The van der Waals surface area contributed by atoms with Crippen molar-refractivity contribution in [3.8, 4) is 5.75 Å². The number of halogens is 2. The first-order valence-corrected chi connectivity index (χ1v) is 6.13. The van der Waals surface area contributed by atoms with Crippen molar-refractivity contribution < 1.29 is 13.9 Å². The molecule has 104 valence electrons. The van der Waals surface area contributed by atoms with Gasteiger partial charge in [0.1, 0.15) is 5.75 Å². The van der Waals surface area contributed by atoms with Crippen LogP contribution in [0.5, 0.6) is 5.75 Å². The van der Waals surface area contributed by atoms with Crippen LogP contribution < -0.4 is 15.6 Å². The Bertz CT molecular complexity index is 617. The Morgan fingerprint density at radius 3 is 2.50 bits per heavy atom. The predicted molar refractivity (Wildman–Crippen MR) is 75.5 cm³/mol. The van der Waals surface area contributed by atoms with Gasteiger partial charge in [0.25, 0.3) is 5.91 Å². The molecule has 2 rings (SSSR count). The molecule has 4 nitrogen and oxygen atoms in total. The van der Waals surface area contributed by atoms with Gasteiger partial charge in [-0.3, -0.25) is 15.6 Å². The Morgan fingerprint density at radius 2 is 1.90 bits per heavy atom. The number of rotatable bonds is 4. The number of benzene rings is 2. The van der Waals surface area contributed by atoms with E-state index in [0.29, 0.717) is 16.3 Å². The number of carbonyl (C=O) groups is 1. The molecule has 0 fully saturated rings. The third kappa shape index (κ3) is 3.39. The smallest absolute Gasteiger partial charge is 0.269 e. The minimum atomic E-state index is -0.527. The van der Waals surface area contributed by atoms with E-state index in [1.54, 1.807) is 30.3 Å². The highest BCUT2D eigenvalue weighted by molar-refractivity contribution is 6.30. The molecule has 0 bridgehead atoms. The maximum atomic E-state index is 13.6. The van der Waals surface area contributed by atoms with Gasteiger partial charge in [-0.15, -0.1) is 0 Å². The second-order valence-electron chi connectivity index (χ2n) is 3.93. The van der Waals surface area contributed by atoms with Crippen molar-refractivity contribution in [2.75, 3.05) is 12.5 Å². The van der Waals surface area contributed by atoms with Crippen LogP contribution in [-0.2, 0) is 0 Å². The van der Waals surface area contributed by atoms with Crippen molar-refractivity contribution in [3.63, 3.8) is 0 Å². The van der Waals surface area contributed by atoms with Crippen molar-refractivity contribution in [2.24, 2.45) is 0 Å². The number of nitrogens with one attached hydrogen (secondary N) is 2. The van der Waals surface area contributed by atoms with Crippen LogP contribution in [0.2, 0.25) is 5.02 Å². The molecule has 0 unspecified atom stereocenters. The number of ether oxygens (including phenoxy) is 1. The Hall–Kier alpha value is -2.27. The van der Waals surface area contributed by atoms with Crippen molar-refractivity contribution in [1.29, 1.82) is 0 Å². The molecule has 0 aliphatic rings. The van der Waals surface area contributed by atoms with Gasteiger partial charge in [0.2, 0.25) is 0 Å². The van der Waals surface area contributed by atoms with Crippen molar-refractivity contribution >= 4 is 23.2 Å². The lowest BCUT2D eigenvalue weighted by Gasteiger charge is -2.10. The van der Waals surface area contributed by atoms with E-state index in [1.165, 1.54) is 19.2 Å². The second kappa shape index (κ2) is 6.25. The summed E-state index contributed by atoms with van der Waals surface area (Å²) in [4.78, 5) is 11.8. The Kier molecular flexibility index (Phi) is 4.42. The summed E-state index contributed by atoms with van der Waals surface area (Å²) in [5.74, 6) is -0.519. The van der Waals surface area contributed by atoms with Crippen LogP contribution >= 0.6 is 11.6 Å². The second-order valence-corrected chi connectivity index (χ2v) is 4.37. The van der Waals surface area contributed by atoms with E-state index < -0.39 is 11.7 Å². The number of carbonyl (C=O) groups excluding carboxylic acids is 1. The lowest BCUT2D eigenvalue weighted by atomic mass is 10.2. The zero-order valence-corrected chi connectivity index (χ0v) is 11.4. The molecule has 0 heterocycles. The number of hydrazine groups is 1. The predicted octanol–water partition coefficient (Wildman–Crippen LogP) is 3.24. The average Bonchev–Trinajstić information content (AvgIpc) is 2.46. The van der Waals surface area contributed by atoms with Gasteiger partial charge >= 0.3 is 0 Å². The van der Waals surface area contributed by atoms with E-state index in [-0.39, 0.29) is 5.69 Å². The number of anilines is 1. The van der Waals surface area contributed by atoms with E-state index in [1.807, 2.05) is 0 Å². The van der Waals surface area contributed by atoms with Gasteiger partial charge in [-0.25, -0.2) is 4.39 Å². The highest BCUT2D eigenvalue weighted by atomic mass is 35.5. The lowest BCUT2D eigenvalue weighted by molar-refractivity contribution is 0.0962. The summed E-state index contributed by atoms with van der Waals surface area (Å²) in [6, 6.07) is 10.6. The first-order valence-electron chi connectivity index (χ1n) is 5.75. The van der Waals surface area contributed by atoms with Crippen LogP contribution in [0.15, 0.2) is 42.5 Å². The monoisotopic (exact) mass is 294 g/mol. The largest absolute Gasteiger partial charge is 0.497 e. The van der Waals surface area contributed by atoms with Gasteiger partial charge in [0.15, 0.2) is 5.82 Å². The fraction of sp³-hybridized carbons (Fsp3) is 0.0714. The Labute approximate surface area is 120 Å². The third-order valence-corrected chi connectivity index (χ3v) is 2.85. The van der Waals surface area contributed by atoms with E-state index in [9.17, 15) is 9.18 Å². The quantitative estimate of drug-likeness (QED) is 0.851. The highest BCUT2D eigenvalue weighted by Crippen LogP contribution is 2.19. The van der Waals surface area contributed by atoms with Crippen molar-refractivity contribution in [1.82, 2.24) is 5.43 Å². The molecular formula is C14H12ClFN2O2. The molecule has 0 saturated heterocycles. The summed E-state index contributed by atoms with van der Waals surface area (Å²) >= 11 is 5.73. The van der Waals surface area contributed by atoms with E-state index in [4.69, 9.17) is 16.3 Å². The average molecular weight is 295 g/mol. The van der Waals surface area contributed by atoms with Crippen LogP contribution in [0.3, 0.4) is 0 Å². The lowest BCUT2D eigenvalue weighted by Crippen LogP contribution is -2.29. The number of amides is 1. The molecule has 0 atom stereocenters. The summed E-state index contributed by atoms with van der Waals surface area (Å²) in [6.07, 6.45) is 0. The molecule has 20 heavy (non-hydrogen) atoms. The zero-order valence-electron chi connectivity index (χ0n) is 10.6. The fourth-order valence-electron chi connectivity index (χ4n) is 1.52. The topological polar surface area (TPSA) is 50.4 Å². The minimum absolute atomic E-state index is 0.146. The third-order valence-electron chi connectivity index (χ3n) is 2.59. The van der Waals surface area contributed by atoms with Crippen LogP contribution in [0.1, 0.15) is 10.4 Å². The molecular weight excluding hydrogens is 283 g/mol. The molecule has 2 N–H and O–H groups in total.